The van der Waals surface area contributed by atoms with Crippen molar-refractivity contribution in [1.29, 1.82) is 0 Å². The summed E-state index contributed by atoms with van der Waals surface area (Å²) in [5.41, 5.74) is 6.60. The molecule has 0 saturated heterocycles. The first-order chi connectivity index (χ1) is 8.78. The second-order valence-corrected chi connectivity index (χ2v) is 5.01. The number of ether oxygens (including phenoxy) is 1. The van der Waals surface area contributed by atoms with E-state index >= 15 is 0 Å². The van der Waals surface area contributed by atoms with Crippen LogP contribution in [-0.2, 0) is 11.2 Å². The summed E-state index contributed by atoms with van der Waals surface area (Å²) in [7, 11) is 0. The molecule has 0 amide bonds. The van der Waals surface area contributed by atoms with Crippen LogP contribution < -0.4 is 5.73 Å². The van der Waals surface area contributed by atoms with Gasteiger partial charge in [0.15, 0.2) is 0 Å². The van der Waals surface area contributed by atoms with E-state index in [1.165, 1.54) is 12.1 Å². The fourth-order valence-corrected chi connectivity index (χ4v) is 2.01. The van der Waals surface area contributed by atoms with E-state index in [-0.39, 0.29) is 18.5 Å². The molecule has 19 heavy (non-hydrogen) atoms. The molecule has 1 unspecified atom stereocenters. The summed E-state index contributed by atoms with van der Waals surface area (Å²) in [4.78, 5) is 0. The third kappa shape index (κ3) is 6.89. The Bertz CT molecular complexity index is 411. The van der Waals surface area contributed by atoms with E-state index in [1.54, 1.807) is 6.07 Å². The molecule has 0 fully saturated rings. The summed E-state index contributed by atoms with van der Waals surface area (Å²) in [5, 5.41) is 0. The van der Waals surface area contributed by atoms with E-state index in [4.69, 9.17) is 5.73 Å². The van der Waals surface area contributed by atoms with E-state index < -0.39 is 12.8 Å². The van der Waals surface area contributed by atoms with Gasteiger partial charge in [-0.25, -0.2) is 4.39 Å². The third-order valence-electron chi connectivity index (χ3n) is 2.40. The Hall–Kier alpha value is -0.660. The van der Waals surface area contributed by atoms with E-state index in [0.717, 1.165) is 5.56 Å². The van der Waals surface area contributed by atoms with Crippen molar-refractivity contribution in [2.24, 2.45) is 5.73 Å². The Morgan fingerprint density at radius 3 is 2.58 bits per heavy atom. The van der Waals surface area contributed by atoms with E-state index in [1.807, 2.05) is 0 Å². The summed E-state index contributed by atoms with van der Waals surface area (Å²) in [6, 6.07) is 3.89. The molecular formula is C12H14BrF4NO. The molecule has 1 atom stereocenters. The molecule has 0 radical (unpaired) electrons. The fourth-order valence-electron chi connectivity index (χ4n) is 1.49. The molecule has 0 aliphatic rings. The van der Waals surface area contributed by atoms with Gasteiger partial charge in [-0.3, -0.25) is 0 Å². The topological polar surface area (TPSA) is 35.2 Å². The highest BCUT2D eigenvalue weighted by atomic mass is 79.9. The predicted octanol–water partition coefficient (Wildman–Crippen LogP) is 3.43. The normalized spacial score (nSPS) is 13.6. The molecule has 2 nitrogen and oxygen atoms in total. The average Bonchev–Trinajstić information content (AvgIpc) is 2.27. The lowest BCUT2D eigenvalue weighted by Gasteiger charge is -2.13. The van der Waals surface area contributed by atoms with Crippen LogP contribution in [0.1, 0.15) is 12.0 Å². The minimum absolute atomic E-state index is 0.0561. The summed E-state index contributed by atoms with van der Waals surface area (Å²) < 4.78 is 53.4. The van der Waals surface area contributed by atoms with Crippen LogP contribution in [0.2, 0.25) is 0 Å². The Balaban J connectivity index is 2.33. The highest BCUT2D eigenvalue weighted by molar-refractivity contribution is 9.10. The zero-order valence-corrected chi connectivity index (χ0v) is 11.6. The van der Waals surface area contributed by atoms with Crippen molar-refractivity contribution in [2.45, 2.75) is 25.1 Å². The molecule has 7 heteroatoms. The van der Waals surface area contributed by atoms with Gasteiger partial charge >= 0.3 is 6.18 Å². The molecule has 0 heterocycles. The van der Waals surface area contributed by atoms with Gasteiger partial charge in [-0.2, -0.15) is 13.2 Å². The molecule has 1 rings (SSSR count). The fraction of sp³-hybridized carbons (Fsp3) is 0.500. The summed E-state index contributed by atoms with van der Waals surface area (Å²) in [6.45, 7) is -1.32. The Morgan fingerprint density at radius 1 is 1.32 bits per heavy atom. The lowest BCUT2D eigenvalue weighted by Crippen LogP contribution is -2.26. The quantitative estimate of drug-likeness (QED) is 0.634. The van der Waals surface area contributed by atoms with Crippen LogP contribution in [0.25, 0.3) is 0 Å². The van der Waals surface area contributed by atoms with Crippen LogP contribution in [-0.4, -0.2) is 25.4 Å². The highest BCUT2D eigenvalue weighted by Crippen LogP contribution is 2.20. The first-order valence-corrected chi connectivity index (χ1v) is 6.41. The van der Waals surface area contributed by atoms with Crippen LogP contribution in [0.3, 0.4) is 0 Å². The van der Waals surface area contributed by atoms with Crippen molar-refractivity contribution in [1.82, 2.24) is 0 Å². The van der Waals surface area contributed by atoms with Crippen molar-refractivity contribution >= 4 is 15.9 Å². The van der Waals surface area contributed by atoms with Gasteiger partial charge in [0.2, 0.25) is 0 Å². The Labute approximate surface area is 117 Å². The molecule has 0 aliphatic heterocycles. The van der Waals surface area contributed by atoms with Gasteiger partial charge < -0.3 is 10.5 Å². The highest BCUT2D eigenvalue weighted by Gasteiger charge is 2.27. The van der Waals surface area contributed by atoms with Gasteiger partial charge in [0, 0.05) is 17.1 Å². The number of nitrogens with two attached hydrogens (primary N) is 1. The Kier molecular flexibility index (Phi) is 6.22. The molecular weight excluding hydrogens is 330 g/mol. The zero-order chi connectivity index (χ0) is 14.5. The standard InChI is InChI=1S/C12H14BrF4NO/c13-11-6-9(14)2-1-8(11)5-10(18)3-4-19-7-12(15,16)17/h1-2,6,10H,3-5,7,18H2. The SMILES string of the molecule is NC(CCOCC(F)(F)F)Cc1ccc(F)cc1Br. The molecule has 1 aromatic carbocycles. The van der Waals surface area contributed by atoms with E-state index in [0.29, 0.717) is 17.3 Å². The Morgan fingerprint density at radius 2 is 2.00 bits per heavy atom. The average molecular weight is 344 g/mol. The maximum Gasteiger partial charge on any atom is 0.411 e. The van der Waals surface area contributed by atoms with Gasteiger partial charge in [-0.1, -0.05) is 22.0 Å². The van der Waals surface area contributed by atoms with Crippen LogP contribution in [0, 0.1) is 5.82 Å². The molecule has 0 aromatic heterocycles. The zero-order valence-electron chi connectivity index (χ0n) is 10.0. The molecule has 2 N–H and O–H groups in total. The van der Waals surface area contributed by atoms with Gasteiger partial charge in [0.1, 0.15) is 12.4 Å². The predicted molar refractivity (Wildman–Crippen MR) is 67.3 cm³/mol. The maximum atomic E-state index is 12.9. The van der Waals surface area contributed by atoms with Crippen LogP contribution in [0.5, 0.6) is 0 Å². The summed E-state index contributed by atoms with van der Waals surface area (Å²) in [5.74, 6) is -0.363. The van der Waals surface area contributed by atoms with Crippen LogP contribution in [0.15, 0.2) is 22.7 Å². The molecule has 0 saturated carbocycles. The largest absolute Gasteiger partial charge is 0.411 e. The number of alkyl halides is 3. The van der Waals surface area contributed by atoms with Crippen molar-refractivity contribution in [3.8, 4) is 0 Å². The minimum Gasteiger partial charge on any atom is -0.372 e. The molecule has 0 aliphatic carbocycles. The number of halogens is 5. The first kappa shape index (κ1) is 16.4. The van der Waals surface area contributed by atoms with Gasteiger partial charge in [0.05, 0.1) is 0 Å². The lowest BCUT2D eigenvalue weighted by molar-refractivity contribution is -0.174. The van der Waals surface area contributed by atoms with Gasteiger partial charge in [-0.05, 0) is 30.5 Å². The summed E-state index contributed by atoms with van der Waals surface area (Å²) in [6.07, 6.45) is -3.57. The number of benzene rings is 1. The van der Waals surface area contributed by atoms with Crippen molar-refractivity contribution in [3.05, 3.63) is 34.1 Å². The number of hydrogen-bond acceptors (Lipinski definition) is 2. The third-order valence-corrected chi connectivity index (χ3v) is 3.13. The second-order valence-electron chi connectivity index (χ2n) is 4.16. The first-order valence-electron chi connectivity index (χ1n) is 5.62. The molecule has 0 bridgehead atoms. The molecule has 108 valence electrons. The lowest BCUT2D eigenvalue weighted by atomic mass is 10.0. The van der Waals surface area contributed by atoms with Gasteiger partial charge in [-0.15, -0.1) is 0 Å². The van der Waals surface area contributed by atoms with Gasteiger partial charge in [0.25, 0.3) is 0 Å². The van der Waals surface area contributed by atoms with E-state index in [2.05, 4.69) is 20.7 Å². The van der Waals surface area contributed by atoms with Crippen LogP contribution in [0.4, 0.5) is 17.6 Å². The van der Waals surface area contributed by atoms with Crippen molar-refractivity contribution in [3.63, 3.8) is 0 Å². The maximum absolute atomic E-state index is 12.9. The van der Waals surface area contributed by atoms with Crippen molar-refractivity contribution < 1.29 is 22.3 Å². The van der Waals surface area contributed by atoms with Crippen molar-refractivity contribution in [2.75, 3.05) is 13.2 Å². The smallest absolute Gasteiger partial charge is 0.372 e. The molecule has 0 spiro atoms. The summed E-state index contributed by atoms with van der Waals surface area (Å²) >= 11 is 3.21. The number of hydrogen-bond donors (Lipinski definition) is 1. The van der Waals surface area contributed by atoms with E-state index in [9.17, 15) is 17.6 Å². The minimum atomic E-state index is -4.32. The molecule has 1 aromatic rings. The van der Waals surface area contributed by atoms with Crippen LogP contribution >= 0.6 is 15.9 Å². The number of rotatable bonds is 6. The monoisotopic (exact) mass is 343 g/mol. The second kappa shape index (κ2) is 7.21.